The average molecular weight is 236 g/mol. The SMILES string of the molecule is CCn1cc(CC(C(=O)O)C2CCCC2)cn1. The summed E-state index contributed by atoms with van der Waals surface area (Å²) in [5.74, 6) is -0.523. The molecule has 2 rings (SSSR count). The molecule has 0 aromatic carbocycles. The molecule has 4 nitrogen and oxygen atoms in total. The van der Waals surface area contributed by atoms with Crippen molar-refractivity contribution in [2.75, 3.05) is 0 Å². The third kappa shape index (κ3) is 2.87. The summed E-state index contributed by atoms with van der Waals surface area (Å²) < 4.78 is 1.85. The summed E-state index contributed by atoms with van der Waals surface area (Å²) in [7, 11) is 0. The van der Waals surface area contributed by atoms with Gasteiger partial charge in [-0.2, -0.15) is 5.10 Å². The van der Waals surface area contributed by atoms with Crippen LogP contribution in [0.4, 0.5) is 0 Å². The summed E-state index contributed by atoms with van der Waals surface area (Å²) in [6.07, 6.45) is 8.89. The summed E-state index contributed by atoms with van der Waals surface area (Å²) in [6, 6.07) is 0. The van der Waals surface area contributed by atoms with Crippen molar-refractivity contribution < 1.29 is 9.90 Å². The van der Waals surface area contributed by atoms with Crippen molar-refractivity contribution in [2.24, 2.45) is 11.8 Å². The molecule has 4 heteroatoms. The number of rotatable bonds is 5. The summed E-state index contributed by atoms with van der Waals surface area (Å²) in [5.41, 5.74) is 1.05. The first-order valence-corrected chi connectivity index (χ1v) is 6.45. The van der Waals surface area contributed by atoms with Crippen LogP contribution in [-0.4, -0.2) is 20.9 Å². The van der Waals surface area contributed by atoms with Crippen molar-refractivity contribution in [3.8, 4) is 0 Å². The number of nitrogens with zero attached hydrogens (tertiary/aromatic N) is 2. The standard InChI is InChI=1S/C13H20N2O2/c1-2-15-9-10(8-14-15)7-12(13(16)17)11-5-3-4-6-11/h8-9,11-12H,2-7H2,1H3,(H,16,17). The number of aromatic nitrogens is 2. The molecule has 1 aliphatic carbocycles. The number of aliphatic carboxylic acids is 1. The van der Waals surface area contributed by atoms with Crippen molar-refractivity contribution >= 4 is 5.97 Å². The van der Waals surface area contributed by atoms with Gasteiger partial charge in [0, 0.05) is 12.7 Å². The lowest BCUT2D eigenvalue weighted by atomic mass is 9.86. The molecule has 0 bridgehead atoms. The van der Waals surface area contributed by atoms with Crippen molar-refractivity contribution in [3.05, 3.63) is 18.0 Å². The molecular weight excluding hydrogens is 216 g/mol. The van der Waals surface area contributed by atoms with E-state index in [-0.39, 0.29) is 5.92 Å². The van der Waals surface area contributed by atoms with Crippen LogP contribution < -0.4 is 0 Å². The molecule has 1 heterocycles. The number of hydrogen-bond acceptors (Lipinski definition) is 2. The second-order valence-electron chi connectivity index (χ2n) is 4.90. The van der Waals surface area contributed by atoms with E-state index in [4.69, 9.17) is 0 Å². The Morgan fingerprint density at radius 2 is 2.29 bits per heavy atom. The minimum absolute atomic E-state index is 0.230. The Kier molecular flexibility index (Phi) is 3.82. The number of hydrogen-bond donors (Lipinski definition) is 1. The molecule has 94 valence electrons. The van der Waals surface area contributed by atoms with Gasteiger partial charge in [0.1, 0.15) is 0 Å². The lowest BCUT2D eigenvalue weighted by Gasteiger charge is -2.18. The molecule has 1 saturated carbocycles. The molecule has 0 amide bonds. The van der Waals surface area contributed by atoms with Crippen LogP contribution in [-0.2, 0) is 17.8 Å². The molecule has 1 atom stereocenters. The highest BCUT2D eigenvalue weighted by molar-refractivity contribution is 5.70. The molecule has 0 aliphatic heterocycles. The predicted molar refractivity (Wildman–Crippen MR) is 64.7 cm³/mol. The van der Waals surface area contributed by atoms with Crippen LogP contribution in [0.1, 0.15) is 38.2 Å². The third-order valence-electron chi connectivity index (χ3n) is 3.75. The normalized spacial score (nSPS) is 18.4. The summed E-state index contributed by atoms with van der Waals surface area (Å²) in [5, 5.41) is 13.5. The molecule has 1 fully saturated rings. The van der Waals surface area contributed by atoms with Crippen LogP contribution in [0, 0.1) is 11.8 Å². The summed E-state index contributed by atoms with van der Waals surface area (Å²) in [4.78, 5) is 11.3. The van der Waals surface area contributed by atoms with Gasteiger partial charge in [-0.15, -0.1) is 0 Å². The smallest absolute Gasteiger partial charge is 0.307 e. The number of carbonyl (C=O) groups is 1. The van der Waals surface area contributed by atoms with E-state index in [0.717, 1.165) is 24.9 Å². The minimum Gasteiger partial charge on any atom is -0.481 e. The number of carboxylic acids is 1. The number of carboxylic acid groups (broad SMARTS) is 1. The van der Waals surface area contributed by atoms with Gasteiger partial charge in [-0.1, -0.05) is 12.8 Å². The fraction of sp³-hybridized carbons (Fsp3) is 0.692. The highest BCUT2D eigenvalue weighted by Crippen LogP contribution is 2.33. The lowest BCUT2D eigenvalue weighted by Crippen LogP contribution is -2.23. The van der Waals surface area contributed by atoms with E-state index in [0.29, 0.717) is 12.3 Å². The summed E-state index contributed by atoms with van der Waals surface area (Å²) >= 11 is 0. The highest BCUT2D eigenvalue weighted by Gasteiger charge is 2.30. The molecule has 1 N–H and O–H groups in total. The monoisotopic (exact) mass is 236 g/mol. The van der Waals surface area contributed by atoms with Crippen LogP contribution in [0.3, 0.4) is 0 Å². The van der Waals surface area contributed by atoms with Gasteiger partial charge in [0.15, 0.2) is 0 Å². The Labute approximate surface area is 102 Å². The van der Waals surface area contributed by atoms with E-state index < -0.39 is 5.97 Å². The zero-order valence-corrected chi connectivity index (χ0v) is 10.3. The molecule has 1 aromatic heterocycles. The fourth-order valence-corrected chi connectivity index (χ4v) is 2.75. The molecule has 0 spiro atoms. The maximum Gasteiger partial charge on any atom is 0.307 e. The first kappa shape index (κ1) is 12.1. The zero-order valence-electron chi connectivity index (χ0n) is 10.3. The van der Waals surface area contributed by atoms with Gasteiger partial charge in [0.25, 0.3) is 0 Å². The lowest BCUT2D eigenvalue weighted by molar-refractivity contribution is -0.143. The fourth-order valence-electron chi connectivity index (χ4n) is 2.75. The predicted octanol–water partition coefficient (Wildman–Crippen LogP) is 2.34. The maximum atomic E-state index is 11.3. The van der Waals surface area contributed by atoms with Crippen LogP contribution >= 0.6 is 0 Å². The van der Waals surface area contributed by atoms with Crippen LogP contribution in [0.2, 0.25) is 0 Å². The van der Waals surface area contributed by atoms with Gasteiger partial charge in [0.05, 0.1) is 12.1 Å². The van der Waals surface area contributed by atoms with E-state index >= 15 is 0 Å². The molecule has 0 saturated heterocycles. The summed E-state index contributed by atoms with van der Waals surface area (Å²) in [6.45, 7) is 2.86. The van der Waals surface area contributed by atoms with Gasteiger partial charge in [0.2, 0.25) is 0 Å². The Morgan fingerprint density at radius 1 is 1.59 bits per heavy atom. The number of aryl methyl sites for hydroxylation is 1. The average Bonchev–Trinajstić information content (AvgIpc) is 2.96. The van der Waals surface area contributed by atoms with E-state index in [1.54, 1.807) is 6.20 Å². The Balaban J connectivity index is 2.04. The van der Waals surface area contributed by atoms with Crippen molar-refractivity contribution in [2.45, 2.75) is 45.6 Å². The van der Waals surface area contributed by atoms with Gasteiger partial charge < -0.3 is 5.11 Å². The van der Waals surface area contributed by atoms with E-state index in [9.17, 15) is 9.90 Å². The largest absolute Gasteiger partial charge is 0.481 e. The van der Waals surface area contributed by atoms with Crippen LogP contribution in [0.5, 0.6) is 0 Å². The van der Waals surface area contributed by atoms with E-state index in [2.05, 4.69) is 5.10 Å². The molecule has 1 unspecified atom stereocenters. The van der Waals surface area contributed by atoms with Crippen LogP contribution in [0.25, 0.3) is 0 Å². The van der Waals surface area contributed by atoms with E-state index in [1.165, 1.54) is 12.8 Å². The molecular formula is C13H20N2O2. The molecule has 17 heavy (non-hydrogen) atoms. The Hall–Kier alpha value is -1.32. The van der Waals surface area contributed by atoms with Gasteiger partial charge in [-0.25, -0.2) is 0 Å². The third-order valence-corrected chi connectivity index (χ3v) is 3.75. The van der Waals surface area contributed by atoms with Gasteiger partial charge in [-0.05, 0) is 37.7 Å². The first-order valence-electron chi connectivity index (χ1n) is 6.45. The van der Waals surface area contributed by atoms with Crippen molar-refractivity contribution in [3.63, 3.8) is 0 Å². The van der Waals surface area contributed by atoms with Crippen molar-refractivity contribution in [1.82, 2.24) is 9.78 Å². The zero-order chi connectivity index (χ0) is 12.3. The molecule has 0 radical (unpaired) electrons. The van der Waals surface area contributed by atoms with Crippen LogP contribution in [0.15, 0.2) is 12.4 Å². The van der Waals surface area contributed by atoms with E-state index in [1.807, 2.05) is 17.8 Å². The first-order chi connectivity index (χ1) is 8.20. The second-order valence-corrected chi connectivity index (χ2v) is 4.90. The molecule has 1 aromatic rings. The highest BCUT2D eigenvalue weighted by atomic mass is 16.4. The van der Waals surface area contributed by atoms with Gasteiger partial charge >= 0.3 is 5.97 Å². The minimum atomic E-state index is -0.652. The Bertz CT molecular complexity index is 381. The molecule has 1 aliphatic rings. The topological polar surface area (TPSA) is 55.1 Å². The van der Waals surface area contributed by atoms with Gasteiger partial charge in [-0.3, -0.25) is 9.48 Å². The quantitative estimate of drug-likeness (QED) is 0.853. The second kappa shape index (κ2) is 5.34. The maximum absolute atomic E-state index is 11.3. The van der Waals surface area contributed by atoms with Crippen molar-refractivity contribution in [1.29, 1.82) is 0 Å². The Morgan fingerprint density at radius 3 is 2.82 bits per heavy atom.